The van der Waals surface area contributed by atoms with Gasteiger partial charge in [-0.05, 0) is 93.9 Å². The van der Waals surface area contributed by atoms with Gasteiger partial charge in [0.25, 0.3) is 5.91 Å². The maximum atomic E-state index is 13.9. The number of rotatable bonds is 10. The first kappa shape index (κ1) is 43.8. The lowest BCUT2D eigenvalue weighted by atomic mass is 9.92. The van der Waals surface area contributed by atoms with Crippen LogP contribution in [0.25, 0.3) is 11.1 Å². The van der Waals surface area contributed by atoms with Gasteiger partial charge in [-0.1, -0.05) is 77.8 Å². The molecule has 1 aromatic heterocycles. The van der Waals surface area contributed by atoms with Crippen molar-refractivity contribution in [2.75, 3.05) is 20.3 Å². The lowest BCUT2D eigenvalue weighted by Gasteiger charge is -2.37. The highest BCUT2D eigenvalue weighted by molar-refractivity contribution is 6.42. The molecule has 0 bridgehead atoms. The molecule has 5 aromatic carbocycles. The van der Waals surface area contributed by atoms with Crippen LogP contribution in [0.15, 0.2) is 122 Å². The summed E-state index contributed by atoms with van der Waals surface area (Å²) in [7, 11) is 1.00. The Bertz CT molecular complexity index is 2480. The number of fused-ring (bicyclic) bond motifs is 2. The number of aromatic nitrogens is 2. The number of nitrogens with one attached hydrogen (secondary N) is 1. The average Bonchev–Trinajstić information content (AvgIpc) is 3.32. The molecule has 61 heavy (non-hydrogen) atoms. The van der Waals surface area contributed by atoms with Crippen LogP contribution in [0.2, 0.25) is 10.0 Å². The number of nitriles is 1. The number of halogens is 2. The van der Waals surface area contributed by atoms with E-state index >= 15 is 0 Å². The van der Waals surface area contributed by atoms with Crippen molar-refractivity contribution in [1.82, 2.24) is 20.2 Å². The van der Waals surface area contributed by atoms with E-state index in [0.29, 0.717) is 59.0 Å². The van der Waals surface area contributed by atoms with Crippen molar-refractivity contribution < 1.29 is 33.7 Å². The van der Waals surface area contributed by atoms with Crippen LogP contribution >= 0.6 is 23.2 Å². The van der Waals surface area contributed by atoms with Gasteiger partial charge in [-0.2, -0.15) is 5.26 Å². The summed E-state index contributed by atoms with van der Waals surface area (Å²) in [6.45, 7) is 3.20. The quantitative estimate of drug-likeness (QED) is 0.139. The first-order chi connectivity index (χ1) is 29.8. The number of aliphatic hydroxyl groups excluding tert-OH is 1. The Morgan fingerprint density at radius 3 is 2.25 bits per heavy atom. The zero-order valence-corrected chi connectivity index (χ0v) is 34.6. The predicted octanol–water partition coefficient (Wildman–Crippen LogP) is 7.76. The molecule has 2 N–H and O–H groups in total. The Morgan fingerprint density at radius 2 is 1.57 bits per heavy atom. The first-order valence-electron chi connectivity index (χ1n) is 19.1. The van der Waals surface area contributed by atoms with Crippen molar-refractivity contribution in [1.29, 1.82) is 5.26 Å². The second-order valence-electron chi connectivity index (χ2n) is 13.8. The van der Waals surface area contributed by atoms with Crippen LogP contribution in [-0.4, -0.2) is 64.9 Å². The summed E-state index contributed by atoms with van der Waals surface area (Å²) in [5.41, 5.74) is 7.46. The molecule has 12 nitrogen and oxygen atoms in total. The molecule has 14 heteroatoms. The third-order valence-electron chi connectivity index (χ3n) is 10.1. The number of nitrogens with zero attached hydrogens (tertiary/aromatic N) is 4. The first-order valence-corrected chi connectivity index (χ1v) is 19.9. The number of hydrogen-bond donors (Lipinski definition) is 2. The van der Waals surface area contributed by atoms with Gasteiger partial charge in [0.15, 0.2) is 17.6 Å². The van der Waals surface area contributed by atoms with Gasteiger partial charge in [-0.3, -0.25) is 14.6 Å². The summed E-state index contributed by atoms with van der Waals surface area (Å²) in [4.78, 5) is 45.6. The van der Waals surface area contributed by atoms with Gasteiger partial charge in [0.05, 0.1) is 27.9 Å². The fourth-order valence-corrected chi connectivity index (χ4v) is 7.26. The van der Waals surface area contributed by atoms with E-state index in [2.05, 4.69) is 21.4 Å². The Morgan fingerprint density at radius 1 is 0.885 bits per heavy atom. The molecule has 0 saturated carbocycles. The molecule has 2 aliphatic heterocycles. The lowest BCUT2D eigenvalue weighted by Crippen LogP contribution is -2.53. The minimum absolute atomic E-state index is 0.156. The topological polar surface area (TPSA) is 164 Å². The molecular weight excluding hydrogens is 817 g/mol. The summed E-state index contributed by atoms with van der Waals surface area (Å²) in [6, 6.07) is 33.8. The van der Waals surface area contributed by atoms with E-state index in [1.54, 1.807) is 29.2 Å². The van der Waals surface area contributed by atoms with Crippen molar-refractivity contribution in [3.63, 3.8) is 0 Å². The standard InChI is InChI=1S/C45H35Cl2N5O5.CH4O.CH2O/c46-37-14-5-30(19-38(37)47)26-55-36-12-10-33(11-13-36)43-27-56-41-21-34-20-40(52(25-35(34)22-42(41)57-43)45(54)39-24-49-17-18-50-39)44(53)51-16-15-28-1-6-31(7-2-28)32-8-3-29(23-48)4-9-32;2*1-2/h1-14,17-19,21-22,24,40,43H,15-16,20,25-27H2,(H,51,53);2H,1H3;1H2. The molecular formula is C47H41Cl2N5O7. The molecule has 2 atom stereocenters. The smallest absolute Gasteiger partial charge is 0.275 e. The zero-order valence-electron chi connectivity index (χ0n) is 33.1. The molecule has 3 heterocycles. The molecule has 0 aliphatic carbocycles. The Kier molecular flexibility index (Phi) is 15.0. The van der Waals surface area contributed by atoms with Gasteiger partial charge >= 0.3 is 0 Å². The van der Waals surface area contributed by atoms with Gasteiger partial charge in [0, 0.05) is 39.0 Å². The molecule has 310 valence electrons. The Hall–Kier alpha value is -6.78. The van der Waals surface area contributed by atoms with Crippen LogP contribution < -0.4 is 19.5 Å². The molecule has 0 fully saturated rings. The summed E-state index contributed by atoms with van der Waals surface area (Å²) < 4.78 is 18.6. The van der Waals surface area contributed by atoms with Crippen LogP contribution in [0.4, 0.5) is 0 Å². The third-order valence-corrected chi connectivity index (χ3v) is 10.8. The predicted molar refractivity (Wildman–Crippen MR) is 231 cm³/mol. The number of carbonyl (C=O) groups excluding carboxylic acids is 3. The van der Waals surface area contributed by atoms with Gasteiger partial charge in [-0.25, -0.2) is 4.98 Å². The van der Waals surface area contributed by atoms with Crippen molar-refractivity contribution in [3.05, 3.63) is 171 Å². The van der Waals surface area contributed by atoms with Gasteiger partial charge in [0.2, 0.25) is 5.91 Å². The fourth-order valence-electron chi connectivity index (χ4n) is 6.94. The fraction of sp³-hybridized carbons (Fsp3) is 0.191. The van der Waals surface area contributed by atoms with Crippen molar-refractivity contribution in [2.24, 2.45) is 0 Å². The Labute approximate surface area is 363 Å². The third kappa shape index (κ3) is 10.7. The highest BCUT2D eigenvalue weighted by Gasteiger charge is 2.37. The molecule has 8 rings (SSSR count). The van der Waals surface area contributed by atoms with Crippen LogP contribution in [-0.2, 0) is 35.6 Å². The largest absolute Gasteiger partial charge is 0.489 e. The second-order valence-corrected chi connectivity index (χ2v) is 14.6. The van der Waals surface area contributed by atoms with E-state index in [0.717, 1.165) is 46.1 Å². The SMILES string of the molecule is C=O.CO.N#Cc1ccc(-c2ccc(CCNC(=O)C3Cc4cc5c(cc4CN3C(=O)c3cnccn3)OC(c3ccc(OCc4ccc(Cl)c(Cl)c4)cc3)CO5)cc2)cc1. The van der Waals surface area contributed by atoms with Crippen molar-refractivity contribution in [3.8, 4) is 34.4 Å². The van der Waals surface area contributed by atoms with Gasteiger partial charge in [-0.15, -0.1) is 0 Å². The molecule has 6 aromatic rings. The van der Waals surface area contributed by atoms with E-state index in [1.807, 2.05) is 85.7 Å². The van der Waals surface area contributed by atoms with Gasteiger partial charge in [0.1, 0.15) is 37.5 Å². The number of ether oxygens (including phenoxy) is 3. The van der Waals surface area contributed by atoms with E-state index < -0.39 is 6.04 Å². The maximum absolute atomic E-state index is 13.9. The monoisotopic (exact) mass is 857 g/mol. The summed E-state index contributed by atoms with van der Waals surface area (Å²) in [5.74, 6) is 1.19. The normalized spacial score (nSPS) is 14.7. The number of amides is 2. The summed E-state index contributed by atoms with van der Waals surface area (Å²) in [6.07, 6.45) is 4.90. The van der Waals surface area contributed by atoms with Crippen molar-refractivity contribution >= 4 is 41.8 Å². The molecule has 2 aliphatic rings. The molecule has 0 radical (unpaired) electrons. The maximum Gasteiger partial charge on any atom is 0.275 e. The average molecular weight is 859 g/mol. The summed E-state index contributed by atoms with van der Waals surface area (Å²) >= 11 is 12.2. The van der Waals surface area contributed by atoms with Crippen LogP contribution in [0.3, 0.4) is 0 Å². The number of carbonyl (C=O) groups is 3. The number of aliphatic hydroxyl groups is 1. The van der Waals surface area contributed by atoms with E-state index in [-0.39, 0.29) is 36.6 Å². The Balaban J connectivity index is 0.00000151. The number of hydrogen-bond acceptors (Lipinski definition) is 10. The van der Waals surface area contributed by atoms with Crippen LogP contribution in [0.1, 0.15) is 50.0 Å². The molecule has 0 spiro atoms. The summed E-state index contributed by atoms with van der Waals surface area (Å²) in [5, 5.41) is 20.1. The molecule has 2 unspecified atom stereocenters. The molecule has 0 saturated heterocycles. The highest BCUT2D eigenvalue weighted by atomic mass is 35.5. The van der Waals surface area contributed by atoms with Crippen LogP contribution in [0, 0.1) is 11.3 Å². The molecule has 2 amide bonds. The second kappa shape index (κ2) is 21.0. The van der Waals surface area contributed by atoms with E-state index in [9.17, 15) is 9.59 Å². The minimum atomic E-state index is -0.779. The minimum Gasteiger partial charge on any atom is -0.489 e. The van der Waals surface area contributed by atoms with E-state index in [4.69, 9.17) is 52.6 Å². The van der Waals surface area contributed by atoms with Crippen LogP contribution in [0.5, 0.6) is 17.2 Å². The lowest BCUT2D eigenvalue weighted by molar-refractivity contribution is -0.126. The van der Waals surface area contributed by atoms with E-state index in [1.165, 1.54) is 18.6 Å². The highest BCUT2D eigenvalue weighted by Crippen LogP contribution is 2.41. The zero-order chi connectivity index (χ0) is 43.3. The number of benzene rings is 5. The van der Waals surface area contributed by atoms with Gasteiger partial charge < -0.3 is 34.3 Å². The van der Waals surface area contributed by atoms with Crippen molar-refractivity contribution in [2.45, 2.75) is 38.1 Å².